The first-order valence-electron chi connectivity index (χ1n) is 15.9. The molecule has 0 aliphatic carbocycles. The van der Waals surface area contributed by atoms with Gasteiger partial charge in [-0.2, -0.15) is 0 Å². The van der Waals surface area contributed by atoms with Crippen molar-refractivity contribution < 1.29 is 19.4 Å². The summed E-state index contributed by atoms with van der Waals surface area (Å²) < 4.78 is 13.4. The van der Waals surface area contributed by atoms with Gasteiger partial charge in [-0.15, -0.1) is 0 Å². The minimum absolute atomic E-state index is 0.0341. The van der Waals surface area contributed by atoms with Gasteiger partial charge in [0.2, 0.25) is 5.91 Å². The van der Waals surface area contributed by atoms with Crippen molar-refractivity contribution in [3.8, 4) is 11.1 Å². The molecule has 7 nitrogen and oxygen atoms in total. The van der Waals surface area contributed by atoms with Crippen molar-refractivity contribution in [3.05, 3.63) is 95.1 Å². The largest absolute Gasteiger partial charge is 0.392 e. The van der Waals surface area contributed by atoms with Crippen LogP contribution in [-0.2, 0) is 27.4 Å². The first-order valence-corrected chi connectivity index (χ1v) is 15.9. The van der Waals surface area contributed by atoms with Crippen LogP contribution in [0, 0.1) is 0 Å². The van der Waals surface area contributed by atoms with Crippen molar-refractivity contribution >= 4 is 5.91 Å². The second-order valence-corrected chi connectivity index (χ2v) is 12.4. The summed E-state index contributed by atoms with van der Waals surface area (Å²) in [5, 5.41) is 12.5. The second kappa shape index (κ2) is 14.1. The molecule has 3 heterocycles. The van der Waals surface area contributed by atoms with Gasteiger partial charge in [0.1, 0.15) is 0 Å². The molecule has 3 saturated heterocycles. The fourth-order valence-electron chi connectivity index (χ4n) is 6.85. The normalized spacial score (nSPS) is 24.8. The lowest BCUT2D eigenvalue weighted by Gasteiger charge is -2.39. The monoisotopic (exact) mass is 583 g/mol. The number of aliphatic hydroxyl groups excluding tert-OH is 1. The third kappa shape index (κ3) is 7.72. The summed E-state index contributed by atoms with van der Waals surface area (Å²) >= 11 is 0. The highest BCUT2D eigenvalue weighted by Gasteiger charge is 2.36. The molecule has 3 aromatic carbocycles. The van der Waals surface area contributed by atoms with Gasteiger partial charge in [0.25, 0.3) is 0 Å². The fraction of sp³-hybridized carbons (Fsp3) is 0.472. The Hall–Kier alpha value is -3.07. The zero-order valence-corrected chi connectivity index (χ0v) is 25.3. The molecule has 3 aliphatic rings. The highest BCUT2D eigenvalue weighted by atomic mass is 16.7. The molecule has 0 radical (unpaired) electrons. The van der Waals surface area contributed by atoms with Crippen molar-refractivity contribution in [1.29, 1.82) is 0 Å². The summed E-state index contributed by atoms with van der Waals surface area (Å²) in [5.74, 6) is -0.0367. The fourth-order valence-corrected chi connectivity index (χ4v) is 6.85. The molecule has 0 aromatic heterocycles. The van der Waals surface area contributed by atoms with Crippen LogP contribution in [0.15, 0.2) is 72.8 Å². The molecule has 6 rings (SSSR count). The molecular weight excluding hydrogens is 538 g/mol. The van der Waals surface area contributed by atoms with Crippen LogP contribution in [0.25, 0.3) is 11.1 Å². The van der Waals surface area contributed by atoms with Gasteiger partial charge < -0.3 is 24.8 Å². The molecule has 2 N–H and O–H groups in total. The highest BCUT2D eigenvalue weighted by Crippen LogP contribution is 2.39. The van der Waals surface area contributed by atoms with Crippen LogP contribution < -0.4 is 5.32 Å². The van der Waals surface area contributed by atoms with Crippen molar-refractivity contribution in [2.24, 2.45) is 0 Å². The summed E-state index contributed by atoms with van der Waals surface area (Å²) in [5.41, 5.74) is 6.26. The van der Waals surface area contributed by atoms with E-state index >= 15 is 0 Å². The van der Waals surface area contributed by atoms with E-state index in [1.807, 2.05) is 24.3 Å². The van der Waals surface area contributed by atoms with Gasteiger partial charge in [0.05, 0.1) is 18.8 Å². The number of hydrogen-bond donors (Lipinski definition) is 2. The predicted octanol–water partition coefficient (Wildman–Crippen LogP) is 5.59. The maximum absolute atomic E-state index is 11.4. The quantitative estimate of drug-likeness (QED) is 0.324. The van der Waals surface area contributed by atoms with E-state index in [0.29, 0.717) is 12.6 Å². The van der Waals surface area contributed by atoms with E-state index in [0.717, 1.165) is 52.9 Å². The van der Waals surface area contributed by atoms with E-state index < -0.39 is 6.29 Å². The third-order valence-electron chi connectivity index (χ3n) is 9.18. The van der Waals surface area contributed by atoms with Crippen LogP contribution >= 0.6 is 0 Å². The van der Waals surface area contributed by atoms with Crippen LogP contribution in [0.4, 0.5) is 0 Å². The van der Waals surface area contributed by atoms with E-state index in [2.05, 4.69) is 63.6 Å². The average Bonchev–Trinajstić information content (AvgIpc) is 3.72. The predicted molar refractivity (Wildman–Crippen MR) is 168 cm³/mol. The topological polar surface area (TPSA) is 74.3 Å². The van der Waals surface area contributed by atoms with E-state index in [4.69, 9.17) is 9.47 Å². The van der Waals surface area contributed by atoms with Crippen molar-refractivity contribution in [1.82, 2.24) is 15.1 Å². The van der Waals surface area contributed by atoms with Crippen molar-refractivity contribution in [2.45, 2.75) is 76.7 Å². The number of ether oxygens (including phenoxy) is 2. The maximum atomic E-state index is 11.4. The summed E-state index contributed by atoms with van der Waals surface area (Å²) in [7, 11) is 0. The number of amides is 1. The Morgan fingerprint density at radius 2 is 1.63 bits per heavy atom. The number of nitrogens with one attached hydrogen (secondary N) is 1. The van der Waals surface area contributed by atoms with Crippen LogP contribution in [0.5, 0.6) is 0 Å². The molecule has 0 bridgehead atoms. The minimum atomic E-state index is -0.483. The molecular formula is C36H45N3O4. The van der Waals surface area contributed by atoms with Gasteiger partial charge in [-0.3, -0.25) is 9.69 Å². The van der Waals surface area contributed by atoms with Gasteiger partial charge in [-0.1, -0.05) is 60.7 Å². The SMILES string of the molecule is CC(=O)NCc1cccc(-c2cccc(C3OC(CN4CCCC4CN4CCCC4)CC(c4ccc(CO)cc4)O3)c2)c1. The van der Waals surface area contributed by atoms with E-state index in [9.17, 15) is 9.90 Å². The number of carbonyl (C=O) groups is 1. The van der Waals surface area contributed by atoms with Gasteiger partial charge in [-0.05, 0) is 85.3 Å². The molecule has 43 heavy (non-hydrogen) atoms. The van der Waals surface area contributed by atoms with E-state index in [1.54, 1.807) is 0 Å². The third-order valence-corrected chi connectivity index (χ3v) is 9.18. The Morgan fingerprint density at radius 3 is 2.40 bits per heavy atom. The molecule has 228 valence electrons. The lowest BCUT2D eigenvalue weighted by molar-refractivity contribution is -0.253. The Kier molecular flexibility index (Phi) is 9.86. The Morgan fingerprint density at radius 1 is 0.860 bits per heavy atom. The van der Waals surface area contributed by atoms with Crippen molar-refractivity contribution in [2.75, 3.05) is 32.7 Å². The molecule has 0 spiro atoms. The van der Waals surface area contributed by atoms with Crippen LogP contribution in [0.1, 0.15) is 73.7 Å². The Balaban J connectivity index is 1.22. The smallest absolute Gasteiger partial charge is 0.217 e. The summed E-state index contributed by atoms with van der Waals surface area (Å²) in [6.45, 7) is 7.76. The standard InChI is InChI=1S/C36H45N3O4/c1-26(41)37-22-28-7-4-8-30(19-28)31-9-5-10-32(20-31)36-42-34(21-35(43-36)29-14-12-27(25-40)13-15-29)24-39-18-6-11-33(39)23-38-16-2-3-17-38/h4-5,7-10,12-15,19-20,33-36,40H,2-3,6,11,16-18,21-25H2,1H3,(H,37,41). The molecule has 3 aliphatic heterocycles. The molecule has 0 saturated carbocycles. The van der Waals surface area contributed by atoms with E-state index in [1.165, 1.54) is 52.2 Å². The van der Waals surface area contributed by atoms with Gasteiger partial charge >= 0.3 is 0 Å². The molecule has 3 fully saturated rings. The first kappa shape index (κ1) is 30.0. The van der Waals surface area contributed by atoms with Crippen LogP contribution in [0.2, 0.25) is 0 Å². The summed E-state index contributed by atoms with van der Waals surface area (Å²) in [6.07, 6.45) is 5.43. The lowest BCUT2D eigenvalue weighted by atomic mass is 9.98. The number of aliphatic hydroxyl groups is 1. The molecule has 1 amide bonds. The summed E-state index contributed by atoms with van der Waals surface area (Å²) in [4.78, 5) is 16.7. The molecule has 7 heteroatoms. The maximum Gasteiger partial charge on any atom is 0.217 e. The molecule has 4 atom stereocenters. The Bertz CT molecular complexity index is 1360. The van der Waals surface area contributed by atoms with Gasteiger partial charge in [0, 0.05) is 44.6 Å². The second-order valence-electron chi connectivity index (χ2n) is 12.4. The van der Waals surface area contributed by atoms with Crippen molar-refractivity contribution in [3.63, 3.8) is 0 Å². The van der Waals surface area contributed by atoms with Gasteiger partial charge in [0.15, 0.2) is 6.29 Å². The summed E-state index contributed by atoms with van der Waals surface area (Å²) in [6, 6.07) is 25.5. The van der Waals surface area contributed by atoms with Gasteiger partial charge in [-0.25, -0.2) is 0 Å². The highest BCUT2D eigenvalue weighted by molar-refractivity contribution is 5.73. The Labute approximate surface area is 255 Å². The number of carbonyl (C=O) groups excluding carboxylic acids is 1. The zero-order chi connectivity index (χ0) is 29.6. The number of rotatable bonds is 10. The minimum Gasteiger partial charge on any atom is -0.392 e. The molecule has 4 unspecified atom stereocenters. The zero-order valence-electron chi connectivity index (χ0n) is 25.3. The molecule has 3 aromatic rings. The number of nitrogens with zero attached hydrogens (tertiary/aromatic N) is 2. The average molecular weight is 584 g/mol. The van der Waals surface area contributed by atoms with Crippen LogP contribution in [0.3, 0.4) is 0 Å². The number of likely N-dealkylation sites (tertiary alicyclic amines) is 2. The van der Waals surface area contributed by atoms with E-state index in [-0.39, 0.29) is 24.7 Å². The first-order chi connectivity index (χ1) is 21.0. The van der Waals surface area contributed by atoms with Crippen LogP contribution in [-0.4, -0.2) is 65.7 Å². The lowest BCUT2D eigenvalue weighted by Crippen LogP contribution is -2.45. The number of benzene rings is 3. The number of hydrogen-bond acceptors (Lipinski definition) is 6.